The van der Waals surface area contributed by atoms with E-state index in [4.69, 9.17) is 10.5 Å². The van der Waals surface area contributed by atoms with Crippen molar-refractivity contribution in [3.8, 4) is 5.75 Å². The highest BCUT2D eigenvalue weighted by molar-refractivity contribution is 9.10. The van der Waals surface area contributed by atoms with Crippen LogP contribution in [-0.2, 0) is 9.84 Å². The Labute approximate surface area is 133 Å². The molecule has 2 N–H and O–H groups in total. The largest absolute Gasteiger partial charge is 0.491 e. The Balaban J connectivity index is 1.88. The molecule has 112 valence electrons. The minimum Gasteiger partial charge on any atom is -0.491 e. The fourth-order valence-corrected chi connectivity index (χ4v) is 3.35. The molecule has 0 saturated carbocycles. The van der Waals surface area contributed by atoms with Crippen molar-refractivity contribution in [2.75, 3.05) is 18.1 Å². The van der Waals surface area contributed by atoms with Crippen LogP contribution in [-0.4, -0.2) is 20.8 Å². The molecule has 0 fully saturated rings. The molecule has 0 amide bonds. The molecule has 2 rings (SSSR count). The first-order valence-electron chi connectivity index (χ1n) is 6.45. The molecule has 0 spiro atoms. The van der Waals surface area contributed by atoms with Crippen LogP contribution < -0.4 is 10.5 Å². The van der Waals surface area contributed by atoms with E-state index >= 15 is 0 Å². The van der Waals surface area contributed by atoms with Crippen LogP contribution in [0.2, 0.25) is 0 Å². The first kappa shape index (κ1) is 15.9. The third kappa shape index (κ3) is 4.47. The van der Waals surface area contributed by atoms with Crippen LogP contribution in [0.3, 0.4) is 0 Å². The van der Waals surface area contributed by atoms with Gasteiger partial charge >= 0.3 is 0 Å². The van der Waals surface area contributed by atoms with Crippen LogP contribution in [0.4, 0.5) is 5.69 Å². The number of ether oxygens (including phenoxy) is 1. The van der Waals surface area contributed by atoms with E-state index < -0.39 is 9.84 Å². The third-order valence-corrected chi connectivity index (χ3v) is 5.25. The predicted molar refractivity (Wildman–Crippen MR) is 87.2 cm³/mol. The fourth-order valence-electron chi connectivity index (χ4n) is 1.80. The zero-order valence-corrected chi connectivity index (χ0v) is 13.7. The van der Waals surface area contributed by atoms with Gasteiger partial charge in [0.1, 0.15) is 5.75 Å². The van der Waals surface area contributed by atoms with Crippen LogP contribution in [0.5, 0.6) is 5.75 Å². The lowest BCUT2D eigenvalue weighted by atomic mass is 10.3. The molecule has 0 unspecified atom stereocenters. The van der Waals surface area contributed by atoms with Gasteiger partial charge in [0.25, 0.3) is 0 Å². The Morgan fingerprint density at radius 2 is 1.71 bits per heavy atom. The molecule has 21 heavy (non-hydrogen) atoms. The highest BCUT2D eigenvalue weighted by atomic mass is 79.9. The van der Waals surface area contributed by atoms with Gasteiger partial charge in [0.15, 0.2) is 9.84 Å². The second kappa shape index (κ2) is 6.95. The van der Waals surface area contributed by atoms with E-state index in [9.17, 15) is 8.42 Å². The van der Waals surface area contributed by atoms with Gasteiger partial charge in [-0.1, -0.05) is 28.1 Å². The average molecular weight is 370 g/mol. The molecular weight excluding hydrogens is 354 g/mol. The number of sulfone groups is 1. The first-order valence-corrected chi connectivity index (χ1v) is 8.89. The molecule has 0 bridgehead atoms. The Morgan fingerprint density at radius 1 is 1.05 bits per heavy atom. The van der Waals surface area contributed by atoms with Gasteiger partial charge in [0.2, 0.25) is 0 Å². The summed E-state index contributed by atoms with van der Waals surface area (Å²) in [5.74, 6) is 0.625. The molecule has 6 heteroatoms. The van der Waals surface area contributed by atoms with Gasteiger partial charge in [-0.3, -0.25) is 0 Å². The molecule has 0 aromatic heterocycles. The molecule has 2 aromatic rings. The predicted octanol–water partition coefficient (Wildman–Crippen LogP) is 3.27. The molecular formula is C15H16BrNO3S. The number of rotatable bonds is 6. The lowest BCUT2D eigenvalue weighted by Crippen LogP contribution is -2.10. The molecule has 0 aliphatic rings. The van der Waals surface area contributed by atoms with Gasteiger partial charge in [-0.25, -0.2) is 8.42 Å². The number of nitrogens with two attached hydrogens (primary N) is 1. The maximum Gasteiger partial charge on any atom is 0.178 e. The average Bonchev–Trinajstić information content (AvgIpc) is 2.46. The van der Waals surface area contributed by atoms with Crippen LogP contribution in [0.15, 0.2) is 57.9 Å². The summed E-state index contributed by atoms with van der Waals surface area (Å²) in [7, 11) is -3.27. The SMILES string of the molecule is Nc1ccccc1OCCCS(=O)(=O)c1ccc(Br)cc1. The Kier molecular flexibility index (Phi) is 5.25. The molecule has 0 atom stereocenters. The van der Waals surface area contributed by atoms with Crippen LogP contribution in [0.1, 0.15) is 6.42 Å². The van der Waals surface area contributed by atoms with Crippen LogP contribution in [0.25, 0.3) is 0 Å². The Morgan fingerprint density at radius 3 is 2.38 bits per heavy atom. The van der Waals surface area contributed by atoms with Crippen molar-refractivity contribution >= 4 is 31.5 Å². The fraction of sp³-hybridized carbons (Fsp3) is 0.200. The maximum atomic E-state index is 12.1. The van der Waals surface area contributed by atoms with E-state index in [2.05, 4.69) is 15.9 Å². The van der Waals surface area contributed by atoms with E-state index in [1.54, 1.807) is 36.4 Å². The van der Waals surface area contributed by atoms with Gasteiger partial charge in [0, 0.05) is 4.47 Å². The van der Waals surface area contributed by atoms with Crippen molar-refractivity contribution in [3.63, 3.8) is 0 Å². The van der Waals surface area contributed by atoms with Crippen molar-refractivity contribution < 1.29 is 13.2 Å². The zero-order valence-electron chi connectivity index (χ0n) is 11.3. The molecule has 0 aliphatic heterocycles. The van der Waals surface area contributed by atoms with Crippen molar-refractivity contribution in [3.05, 3.63) is 53.0 Å². The van der Waals surface area contributed by atoms with E-state index in [-0.39, 0.29) is 5.75 Å². The summed E-state index contributed by atoms with van der Waals surface area (Å²) in [5.41, 5.74) is 6.30. The van der Waals surface area contributed by atoms with Gasteiger partial charge in [-0.2, -0.15) is 0 Å². The third-order valence-electron chi connectivity index (χ3n) is 2.91. The first-order chi connectivity index (χ1) is 9.99. The number of hydrogen-bond donors (Lipinski definition) is 1. The highest BCUT2D eigenvalue weighted by Crippen LogP contribution is 2.20. The number of hydrogen-bond acceptors (Lipinski definition) is 4. The lowest BCUT2D eigenvalue weighted by Gasteiger charge is -2.09. The van der Waals surface area contributed by atoms with E-state index in [0.29, 0.717) is 29.4 Å². The summed E-state index contributed by atoms with van der Waals surface area (Å²) in [6.07, 6.45) is 0.409. The molecule has 4 nitrogen and oxygen atoms in total. The molecule has 0 heterocycles. The number of nitrogen functional groups attached to an aromatic ring is 1. The quantitative estimate of drug-likeness (QED) is 0.626. The van der Waals surface area contributed by atoms with Gasteiger partial charge in [-0.15, -0.1) is 0 Å². The van der Waals surface area contributed by atoms with E-state index in [0.717, 1.165) is 4.47 Å². The number of benzene rings is 2. The Bertz CT molecular complexity index is 699. The lowest BCUT2D eigenvalue weighted by molar-refractivity contribution is 0.319. The number of anilines is 1. The van der Waals surface area contributed by atoms with Crippen LogP contribution >= 0.6 is 15.9 Å². The summed E-state index contributed by atoms with van der Waals surface area (Å²) in [5, 5.41) is 0. The molecule has 2 aromatic carbocycles. The smallest absolute Gasteiger partial charge is 0.178 e. The summed E-state index contributed by atoms with van der Waals surface area (Å²) in [6, 6.07) is 13.8. The second-order valence-electron chi connectivity index (χ2n) is 4.51. The monoisotopic (exact) mass is 369 g/mol. The summed E-state index contributed by atoms with van der Waals surface area (Å²) in [4.78, 5) is 0.324. The highest BCUT2D eigenvalue weighted by Gasteiger charge is 2.13. The van der Waals surface area contributed by atoms with E-state index in [1.807, 2.05) is 12.1 Å². The number of para-hydroxylation sites is 2. The standard InChI is InChI=1S/C15H16BrNO3S/c16-12-6-8-13(9-7-12)21(18,19)11-3-10-20-15-5-2-1-4-14(15)17/h1-2,4-9H,3,10-11,17H2. The minimum atomic E-state index is -3.27. The second-order valence-corrected chi connectivity index (χ2v) is 7.54. The molecule has 0 radical (unpaired) electrons. The normalized spacial score (nSPS) is 11.3. The number of halogens is 1. The summed E-state index contributed by atoms with van der Waals surface area (Å²) in [6.45, 7) is 0.309. The summed E-state index contributed by atoms with van der Waals surface area (Å²) < 4.78 is 30.6. The van der Waals surface area contributed by atoms with Gasteiger partial charge < -0.3 is 10.5 Å². The molecule has 0 aliphatic carbocycles. The Hall–Kier alpha value is -1.53. The van der Waals surface area contributed by atoms with Gasteiger partial charge in [-0.05, 0) is 42.8 Å². The molecule has 0 saturated heterocycles. The maximum absolute atomic E-state index is 12.1. The van der Waals surface area contributed by atoms with E-state index in [1.165, 1.54) is 0 Å². The van der Waals surface area contributed by atoms with Crippen molar-refractivity contribution in [2.24, 2.45) is 0 Å². The summed E-state index contributed by atoms with van der Waals surface area (Å²) >= 11 is 3.28. The topological polar surface area (TPSA) is 69.4 Å². The van der Waals surface area contributed by atoms with Crippen molar-refractivity contribution in [2.45, 2.75) is 11.3 Å². The van der Waals surface area contributed by atoms with Crippen molar-refractivity contribution in [1.29, 1.82) is 0 Å². The van der Waals surface area contributed by atoms with Crippen LogP contribution in [0, 0.1) is 0 Å². The zero-order chi connectivity index (χ0) is 15.3. The minimum absolute atomic E-state index is 0.0430. The van der Waals surface area contributed by atoms with Gasteiger partial charge in [0.05, 0.1) is 22.9 Å². The van der Waals surface area contributed by atoms with Crippen molar-refractivity contribution in [1.82, 2.24) is 0 Å².